The van der Waals surface area contributed by atoms with Crippen LogP contribution in [-0.2, 0) is 6.42 Å². The van der Waals surface area contributed by atoms with Crippen LogP contribution >= 0.6 is 0 Å². The zero-order valence-corrected chi connectivity index (χ0v) is 17.7. The number of aliphatic hydroxyl groups excluding tert-OH is 1. The molecule has 6 nitrogen and oxygen atoms in total. The van der Waals surface area contributed by atoms with Crippen molar-refractivity contribution in [1.29, 1.82) is 0 Å². The molecule has 0 aliphatic carbocycles. The smallest absolute Gasteiger partial charge is 0.294 e. The van der Waals surface area contributed by atoms with E-state index >= 15 is 0 Å². The number of carbonyl (C=O) groups excluding carboxylic acids is 1. The van der Waals surface area contributed by atoms with Gasteiger partial charge in [0.2, 0.25) is 0 Å². The molecule has 4 heterocycles. The number of piperidine rings is 2. The summed E-state index contributed by atoms with van der Waals surface area (Å²) in [6.45, 7) is 5.57. The van der Waals surface area contributed by atoms with Crippen molar-refractivity contribution in [1.82, 2.24) is 14.7 Å². The maximum Gasteiger partial charge on any atom is 0.294 e. The standard InChI is InChI=1S/C24H30N4O2/c1-17-16-20-23(26-12-6-3-7-13-26)21(18-8-4-2-5-9-18)25-28(20)24(30)22(17)27-14-10-19(29)11-15-27/h2,4-5,8-9,19,29H,3,6-7,10-16H2,1H3. The van der Waals surface area contributed by atoms with Crippen LogP contribution in [0.15, 0.2) is 41.6 Å². The molecule has 6 heteroatoms. The zero-order chi connectivity index (χ0) is 20.7. The number of nitrogens with zero attached hydrogens (tertiary/aromatic N) is 4. The van der Waals surface area contributed by atoms with E-state index in [0.29, 0.717) is 12.8 Å². The van der Waals surface area contributed by atoms with Gasteiger partial charge in [-0.1, -0.05) is 30.3 Å². The van der Waals surface area contributed by atoms with Gasteiger partial charge in [-0.15, -0.1) is 0 Å². The molecule has 30 heavy (non-hydrogen) atoms. The van der Waals surface area contributed by atoms with Crippen molar-refractivity contribution in [2.24, 2.45) is 0 Å². The minimum absolute atomic E-state index is 0.0226. The average Bonchev–Trinajstić information content (AvgIpc) is 3.16. The number of anilines is 1. The van der Waals surface area contributed by atoms with E-state index < -0.39 is 0 Å². The Balaban J connectivity index is 1.58. The normalized spacial score (nSPS) is 20.7. The third-order valence-corrected chi connectivity index (χ3v) is 6.69. The predicted octanol–water partition coefficient (Wildman–Crippen LogP) is 3.47. The average molecular weight is 407 g/mol. The SMILES string of the molecule is CC1=C(N2CCC(O)CC2)C(=O)n2nc(-c3ccccc3)c(N3CCCCC3)c2C1. The lowest BCUT2D eigenvalue weighted by molar-refractivity contribution is 0.0761. The summed E-state index contributed by atoms with van der Waals surface area (Å²) in [4.78, 5) is 18.2. The summed E-state index contributed by atoms with van der Waals surface area (Å²) in [6, 6.07) is 10.2. The van der Waals surface area contributed by atoms with E-state index in [1.165, 1.54) is 19.3 Å². The molecule has 5 rings (SSSR count). The molecule has 1 N–H and O–H groups in total. The van der Waals surface area contributed by atoms with Crippen molar-refractivity contribution >= 4 is 11.6 Å². The molecule has 0 bridgehead atoms. The number of allylic oxidation sites excluding steroid dienone is 2. The highest BCUT2D eigenvalue weighted by Crippen LogP contribution is 2.39. The highest BCUT2D eigenvalue weighted by Gasteiger charge is 2.35. The number of hydrogen-bond acceptors (Lipinski definition) is 5. The number of aromatic nitrogens is 2. The summed E-state index contributed by atoms with van der Waals surface area (Å²) in [5, 5.41) is 14.8. The molecule has 2 fully saturated rings. The number of benzene rings is 1. The molecule has 0 atom stereocenters. The van der Waals surface area contributed by atoms with Crippen LogP contribution in [0.25, 0.3) is 11.3 Å². The van der Waals surface area contributed by atoms with E-state index in [-0.39, 0.29) is 12.0 Å². The third-order valence-electron chi connectivity index (χ3n) is 6.69. The summed E-state index contributed by atoms with van der Waals surface area (Å²) in [7, 11) is 0. The molecule has 3 aliphatic rings. The van der Waals surface area contributed by atoms with Gasteiger partial charge < -0.3 is 14.9 Å². The minimum atomic E-state index is -0.253. The third kappa shape index (κ3) is 3.33. The molecule has 0 amide bonds. The Morgan fingerprint density at radius 2 is 1.67 bits per heavy atom. The second-order valence-corrected chi connectivity index (χ2v) is 8.80. The van der Waals surface area contributed by atoms with Gasteiger partial charge in [0, 0.05) is 38.2 Å². The number of hydrogen-bond donors (Lipinski definition) is 1. The van der Waals surface area contributed by atoms with Gasteiger partial charge >= 0.3 is 0 Å². The van der Waals surface area contributed by atoms with E-state index in [4.69, 9.17) is 5.10 Å². The van der Waals surface area contributed by atoms with Gasteiger partial charge in [0.1, 0.15) is 11.4 Å². The van der Waals surface area contributed by atoms with Crippen LogP contribution in [0.2, 0.25) is 0 Å². The van der Waals surface area contributed by atoms with Gasteiger partial charge in [-0.3, -0.25) is 4.79 Å². The van der Waals surface area contributed by atoms with Gasteiger partial charge in [0.25, 0.3) is 5.91 Å². The summed E-state index contributed by atoms with van der Waals surface area (Å²) in [6.07, 6.45) is 5.55. The van der Waals surface area contributed by atoms with Gasteiger partial charge in [-0.25, -0.2) is 0 Å². The summed E-state index contributed by atoms with van der Waals surface area (Å²) in [5.41, 5.74) is 6.04. The molecule has 1 aromatic carbocycles. The Kier molecular flexibility index (Phi) is 5.11. The van der Waals surface area contributed by atoms with Crippen molar-refractivity contribution in [3.8, 4) is 11.3 Å². The van der Waals surface area contributed by atoms with Crippen LogP contribution < -0.4 is 4.90 Å². The largest absolute Gasteiger partial charge is 0.393 e. The van der Waals surface area contributed by atoms with Crippen LogP contribution in [0.3, 0.4) is 0 Å². The molecule has 0 unspecified atom stereocenters. The molecule has 0 saturated carbocycles. The first kappa shape index (κ1) is 19.4. The molecule has 3 aliphatic heterocycles. The minimum Gasteiger partial charge on any atom is -0.393 e. The summed E-state index contributed by atoms with van der Waals surface area (Å²) >= 11 is 0. The number of carbonyl (C=O) groups is 1. The molecule has 2 saturated heterocycles. The van der Waals surface area contributed by atoms with Crippen molar-refractivity contribution in [2.75, 3.05) is 31.1 Å². The first-order valence-corrected chi connectivity index (χ1v) is 11.2. The molecule has 0 radical (unpaired) electrons. The van der Waals surface area contributed by atoms with E-state index in [9.17, 15) is 9.90 Å². The van der Waals surface area contributed by atoms with Crippen molar-refractivity contribution in [3.05, 3.63) is 47.3 Å². The number of aliphatic hydroxyl groups is 1. The topological polar surface area (TPSA) is 61.6 Å². The quantitative estimate of drug-likeness (QED) is 0.846. The lowest BCUT2D eigenvalue weighted by Gasteiger charge is -2.35. The summed E-state index contributed by atoms with van der Waals surface area (Å²) in [5.74, 6) is -0.0226. The van der Waals surface area contributed by atoms with E-state index in [1.807, 2.05) is 18.2 Å². The predicted molar refractivity (Wildman–Crippen MR) is 118 cm³/mol. The van der Waals surface area contributed by atoms with Crippen LogP contribution in [0.5, 0.6) is 0 Å². The van der Waals surface area contributed by atoms with Crippen LogP contribution in [-0.4, -0.2) is 58.0 Å². The molecule has 2 aromatic rings. The van der Waals surface area contributed by atoms with E-state index in [1.54, 1.807) is 4.68 Å². The maximum absolute atomic E-state index is 13.6. The zero-order valence-electron chi connectivity index (χ0n) is 17.7. The number of likely N-dealkylation sites (tertiary alicyclic amines) is 1. The molecular weight excluding hydrogens is 376 g/mol. The first-order valence-electron chi connectivity index (χ1n) is 11.2. The Bertz CT molecular complexity index is 965. The van der Waals surface area contributed by atoms with Gasteiger partial charge in [0.05, 0.1) is 17.5 Å². The Morgan fingerprint density at radius 1 is 0.967 bits per heavy atom. The van der Waals surface area contributed by atoms with Crippen LogP contribution in [0.4, 0.5) is 5.69 Å². The van der Waals surface area contributed by atoms with Gasteiger partial charge in [-0.2, -0.15) is 9.78 Å². The van der Waals surface area contributed by atoms with Crippen molar-refractivity contribution in [3.63, 3.8) is 0 Å². The molecule has 1 aromatic heterocycles. The Hall–Kier alpha value is -2.60. The fraction of sp³-hybridized carbons (Fsp3) is 0.500. The first-order chi connectivity index (χ1) is 14.6. The van der Waals surface area contributed by atoms with E-state index in [2.05, 4.69) is 28.9 Å². The Labute approximate surface area is 177 Å². The second kappa shape index (κ2) is 7.91. The monoisotopic (exact) mass is 406 g/mol. The lowest BCUT2D eigenvalue weighted by Crippen LogP contribution is -2.41. The second-order valence-electron chi connectivity index (χ2n) is 8.80. The number of rotatable bonds is 3. The lowest BCUT2D eigenvalue weighted by atomic mass is 9.98. The molecule has 158 valence electrons. The molecular formula is C24H30N4O2. The van der Waals surface area contributed by atoms with Crippen LogP contribution in [0, 0.1) is 0 Å². The fourth-order valence-corrected chi connectivity index (χ4v) is 5.12. The highest BCUT2D eigenvalue weighted by atomic mass is 16.3. The van der Waals surface area contributed by atoms with Gasteiger partial charge in [-0.05, 0) is 44.6 Å². The fourth-order valence-electron chi connectivity index (χ4n) is 5.12. The maximum atomic E-state index is 13.6. The van der Waals surface area contributed by atoms with E-state index in [0.717, 1.165) is 66.5 Å². The van der Waals surface area contributed by atoms with Gasteiger partial charge in [0.15, 0.2) is 0 Å². The number of fused-ring (bicyclic) bond motifs is 1. The van der Waals surface area contributed by atoms with Crippen molar-refractivity contribution < 1.29 is 9.90 Å². The molecule has 0 spiro atoms. The van der Waals surface area contributed by atoms with Crippen molar-refractivity contribution in [2.45, 2.75) is 51.6 Å². The highest BCUT2D eigenvalue weighted by molar-refractivity contribution is 5.99. The summed E-state index contributed by atoms with van der Waals surface area (Å²) < 4.78 is 1.67. The van der Waals surface area contributed by atoms with Crippen LogP contribution in [0.1, 0.15) is 49.5 Å². The Morgan fingerprint density at radius 3 is 2.37 bits per heavy atom.